The summed E-state index contributed by atoms with van der Waals surface area (Å²) in [6.45, 7) is 2.07. The third kappa shape index (κ3) is 1.23. The van der Waals surface area contributed by atoms with Crippen molar-refractivity contribution in [1.82, 2.24) is 4.98 Å². The van der Waals surface area contributed by atoms with Gasteiger partial charge in [-0.15, -0.1) is 0 Å². The van der Waals surface area contributed by atoms with Gasteiger partial charge >= 0.3 is 0 Å². The predicted molar refractivity (Wildman–Crippen MR) is 57.3 cm³/mol. The molecule has 0 fully saturated rings. The molecule has 0 aliphatic carbocycles. The molecule has 0 bridgehead atoms. The number of methoxy groups -OCH3 is 1. The standard InChI is InChI=1S/C10H10BrNO/c1-6-7-4-3-5-8(13-2)9(7)12-10(6)11/h3-5,12H,1-2H3. The molecule has 1 aromatic carbocycles. The second-order valence-corrected chi connectivity index (χ2v) is 3.74. The molecular weight excluding hydrogens is 230 g/mol. The van der Waals surface area contributed by atoms with Gasteiger partial charge < -0.3 is 9.72 Å². The molecule has 1 aromatic heterocycles. The Hall–Kier alpha value is -0.960. The van der Waals surface area contributed by atoms with Crippen LogP contribution < -0.4 is 4.74 Å². The molecule has 0 aliphatic heterocycles. The van der Waals surface area contributed by atoms with Crippen LogP contribution in [0, 0.1) is 6.92 Å². The fraction of sp³-hybridized carbons (Fsp3) is 0.200. The van der Waals surface area contributed by atoms with Crippen molar-refractivity contribution in [3.63, 3.8) is 0 Å². The monoisotopic (exact) mass is 239 g/mol. The minimum absolute atomic E-state index is 0.881. The lowest BCUT2D eigenvalue weighted by Gasteiger charge is -1.99. The molecule has 0 atom stereocenters. The van der Waals surface area contributed by atoms with Crippen LogP contribution in [-0.4, -0.2) is 12.1 Å². The Bertz CT molecular complexity index is 447. The smallest absolute Gasteiger partial charge is 0.142 e. The Morgan fingerprint density at radius 2 is 2.15 bits per heavy atom. The molecule has 0 saturated heterocycles. The van der Waals surface area contributed by atoms with Gasteiger partial charge in [-0.05, 0) is 34.5 Å². The number of para-hydroxylation sites is 1. The van der Waals surface area contributed by atoms with Crippen molar-refractivity contribution in [3.8, 4) is 5.75 Å². The van der Waals surface area contributed by atoms with Crippen LogP contribution in [0.2, 0.25) is 0 Å². The van der Waals surface area contributed by atoms with E-state index in [4.69, 9.17) is 4.74 Å². The third-order valence-electron chi connectivity index (χ3n) is 2.21. The van der Waals surface area contributed by atoms with Crippen LogP contribution in [0.3, 0.4) is 0 Å². The minimum Gasteiger partial charge on any atom is -0.495 e. The molecule has 0 unspecified atom stereocenters. The zero-order chi connectivity index (χ0) is 9.42. The van der Waals surface area contributed by atoms with Crippen molar-refractivity contribution >= 4 is 26.8 Å². The maximum absolute atomic E-state index is 5.24. The number of hydrogen-bond donors (Lipinski definition) is 1. The summed E-state index contributed by atoms with van der Waals surface area (Å²) in [5, 5.41) is 1.20. The van der Waals surface area contributed by atoms with Crippen molar-refractivity contribution in [2.45, 2.75) is 6.92 Å². The Labute approximate surface area is 85.0 Å². The predicted octanol–water partition coefficient (Wildman–Crippen LogP) is 3.25. The van der Waals surface area contributed by atoms with Crippen LogP contribution in [0.15, 0.2) is 22.8 Å². The lowest BCUT2D eigenvalue weighted by Crippen LogP contribution is -1.83. The first-order chi connectivity index (χ1) is 6.24. The Balaban J connectivity index is 2.84. The number of hydrogen-bond acceptors (Lipinski definition) is 1. The summed E-state index contributed by atoms with van der Waals surface area (Å²) in [6.07, 6.45) is 0. The van der Waals surface area contributed by atoms with Gasteiger partial charge in [0.2, 0.25) is 0 Å². The first-order valence-corrected chi connectivity index (χ1v) is 4.84. The molecule has 0 saturated carbocycles. The molecule has 3 heteroatoms. The SMILES string of the molecule is COc1cccc2c(C)c(Br)[nH]c12. The topological polar surface area (TPSA) is 25.0 Å². The number of ether oxygens (including phenoxy) is 1. The summed E-state index contributed by atoms with van der Waals surface area (Å²) in [6, 6.07) is 6.02. The number of rotatable bonds is 1. The van der Waals surface area contributed by atoms with E-state index in [1.165, 1.54) is 10.9 Å². The van der Waals surface area contributed by atoms with Gasteiger partial charge in [-0.25, -0.2) is 0 Å². The van der Waals surface area contributed by atoms with Gasteiger partial charge in [0.1, 0.15) is 5.75 Å². The molecule has 68 valence electrons. The Kier molecular flexibility index (Phi) is 2.04. The van der Waals surface area contributed by atoms with Crippen molar-refractivity contribution in [3.05, 3.63) is 28.4 Å². The highest BCUT2D eigenvalue weighted by atomic mass is 79.9. The first-order valence-electron chi connectivity index (χ1n) is 4.05. The van der Waals surface area contributed by atoms with Crippen molar-refractivity contribution in [2.75, 3.05) is 7.11 Å². The molecule has 2 aromatic rings. The molecule has 0 radical (unpaired) electrons. The van der Waals surface area contributed by atoms with Gasteiger partial charge in [0.05, 0.1) is 17.2 Å². The zero-order valence-electron chi connectivity index (χ0n) is 7.52. The average molecular weight is 240 g/mol. The summed E-state index contributed by atoms with van der Waals surface area (Å²) in [7, 11) is 1.68. The quantitative estimate of drug-likeness (QED) is 0.813. The highest BCUT2D eigenvalue weighted by molar-refractivity contribution is 9.10. The van der Waals surface area contributed by atoms with E-state index >= 15 is 0 Å². The van der Waals surface area contributed by atoms with Gasteiger partial charge in [-0.3, -0.25) is 0 Å². The van der Waals surface area contributed by atoms with Crippen LogP contribution in [0.5, 0.6) is 5.75 Å². The van der Waals surface area contributed by atoms with E-state index in [0.29, 0.717) is 0 Å². The lowest BCUT2D eigenvalue weighted by atomic mass is 10.2. The molecule has 2 nitrogen and oxygen atoms in total. The normalized spacial score (nSPS) is 10.7. The molecule has 2 rings (SSSR count). The van der Waals surface area contributed by atoms with E-state index in [1.54, 1.807) is 7.11 Å². The summed E-state index contributed by atoms with van der Waals surface area (Å²) >= 11 is 3.46. The first kappa shape index (κ1) is 8.63. The summed E-state index contributed by atoms with van der Waals surface area (Å²) in [5.41, 5.74) is 2.27. The number of nitrogens with one attached hydrogen (secondary N) is 1. The van der Waals surface area contributed by atoms with E-state index in [2.05, 4.69) is 33.9 Å². The van der Waals surface area contributed by atoms with E-state index in [9.17, 15) is 0 Å². The fourth-order valence-electron chi connectivity index (χ4n) is 1.46. The second-order valence-electron chi connectivity index (χ2n) is 2.95. The highest BCUT2D eigenvalue weighted by Crippen LogP contribution is 2.31. The molecule has 1 N–H and O–H groups in total. The van der Waals surface area contributed by atoms with E-state index < -0.39 is 0 Å². The fourth-order valence-corrected chi connectivity index (χ4v) is 1.88. The van der Waals surface area contributed by atoms with Crippen molar-refractivity contribution in [2.24, 2.45) is 0 Å². The summed E-state index contributed by atoms with van der Waals surface area (Å²) in [4.78, 5) is 3.24. The number of benzene rings is 1. The number of aromatic amines is 1. The maximum Gasteiger partial charge on any atom is 0.142 e. The molecule has 0 spiro atoms. The highest BCUT2D eigenvalue weighted by Gasteiger charge is 2.08. The van der Waals surface area contributed by atoms with Crippen LogP contribution >= 0.6 is 15.9 Å². The Morgan fingerprint density at radius 1 is 1.38 bits per heavy atom. The lowest BCUT2D eigenvalue weighted by molar-refractivity contribution is 0.419. The number of aryl methyl sites for hydroxylation is 1. The number of fused-ring (bicyclic) bond motifs is 1. The van der Waals surface area contributed by atoms with Gasteiger partial charge in [0, 0.05) is 5.39 Å². The molecular formula is C10H10BrNO. The molecule has 0 amide bonds. The third-order valence-corrected chi connectivity index (χ3v) is 3.01. The van der Waals surface area contributed by atoms with Crippen LogP contribution in [0.25, 0.3) is 10.9 Å². The molecule has 1 heterocycles. The zero-order valence-corrected chi connectivity index (χ0v) is 9.10. The van der Waals surface area contributed by atoms with E-state index in [0.717, 1.165) is 15.9 Å². The van der Waals surface area contributed by atoms with Crippen LogP contribution in [0.1, 0.15) is 5.56 Å². The van der Waals surface area contributed by atoms with Gasteiger partial charge in [0.15, 0.2) is 0 Å². The van der Waals surface area contributed by atoms with Crippen molar-refractivity contribution < 1.29 is 4.74 Å². The summed E-state index contributed by atoms with van der Waals surface area (Å²) < 4.78 is 6.26. The number of aromatic nitrogens is 1. The number of halogens is 1. The van der Waals surface area contributed by atoms with Crippen LogP contribution in [-0.2, 0) is 0 Å². The van der Waals surface area contributed by atoms with Crippen LogP contribution in [0.4, 0.5) is 0 Å². The van der Waals surface area contributed by atoms with Gasteiger partial charge in [0.25, 0.3) is 0 Å². The largest absolute Gasteiger partial charge is 0.495 e. The summed E-state index contributed by atoms with van der Waals surface area (Å²) in [5.74, 6) is 0.881. The maximum atomic E-state index is 5.24. The van der Waals surface area contributed by atoms with Gasteiger partial charge in [-0.1, -0.05) is 12.1 Å². The van der Waals surface area contributed by atoms with E-state index in [-0.39, 0.29) is 0 Å². The second kappa shape index (κ2) is 3.07. The minimum atomic E-state index is 0.881. The molecule has 13 heavy (non-hydrogen) atoms. The Morgan fingerprint density at radius 3 is 2.85 bits per heavy atom. The number of H-pyrrole nitrogens is 1. The average Bonchev–Trinajstić information content (AvgIpc) is 2.43. The van der Waals surface area contributed by atoms with E-state index in [1.807, 2.05) is 12.1 Å². The van der Waals surface area contributed by atoms with Crippen molar-refractivity contribution in [1.29, 1.82) is 0 Å². The molecule has 0 aliphatic rings. The van der Waals surface area contributed by atoms with Gasteiger partial charge in [-0.2, -0.15) is 0 Å².